The second kappa shape index (κ2) is 7.66. The summed E-state index contributed by atoms with van der Waals surface area (Å²) in [4.78, 5) is 0. The Kier molecular flexibility index (Phi) is 6.46. The lowest BCUT2D eigenvalue weighted by atomic mass is 10.2. The lowest BCUT2D eigenvalue weighted by Crippen LogP contribution is -2.29. The second-order valence-corrected chi connectivity index (χ2v) is 4.84. The van der Waals surface area contributed by atoms with Crippen molar-refractivity contribution in [1.29, 1.82) is 0 Å². The van der Waals surface area contributed by atoms with Gasteiger partial charge in [0.1, 0.15) is 0 Å². The molecule has 0 aliphatic rings. The highest BCUT2D eigenvalue weighted by Gasteiger charge is 1.94. The summed E-state index contributed by atoms with van der Waals surface area (Å²) >= 11 is 5.81. The first kappa shape index (κ1) is 13.5. The molecule has 0 spiro atoms. The summed E-state index contributed by atoms with van der Waals surface area (Å²) in [5.74, 6) is 0.719. The van der Waals surface area contributed by atoms with Crippen molar-refractivity contribution < 1.29 is 0 Å². The van der Waals surface area contributed by atoms with Crippen LogP contribution in [0.15, 0.2) is 24.3 Å². The van der Waals surface area contributed by atoms with Crippen molar-refractivity contribution >= 4 is 11.6 Å². The summed E-state index contributed by atoms with van der Waals surface area (Å²) in [6.07, 6.45) is 0. The molecule has 2 nitrogen and oxygen atoms in total. The molecule has 16 heavy (non-hydrogen) atoms. The van der Waals surface area contributed by atoms with E-state index in [4.69, 9.17) is 11.6 Å². The fourth-order valence-electron chi connectivity index (χ4n) is 1.40. The maximum Gasteiger partial charge on any atom is 0.0406 e. The van der Waals surface area contributed by atoms with Crippen LogP contribution in [0.5, 0.6) is 0 Å². The molecule has 0 aromatic heterocycles. The Hall–Kier alpha value is -0.570. The van der Waals surface area contributed by atoms with Crippen molar-refractivity contribution in [2.24, 2.45) is 5.92 Å². The van der Waals surface area contributed by atoms with Crippen LogP contribution in [-0.4, -0.2) is 19.6 Å². The topological polar surface area (TPSA) is 24.1 Å². The van der Waals surface area contributed by atoms with Crippen LogP contribution >= 0.6 is 11.6 Å². The summed E-state index contributed by atoms with van der Waals surface area (Å²) in [5, 5.41) is 7.58. The van der Waals surface area contributed by atoms with E-state index >= 15 is 0 Å². The van der Waals surface area contributed by atoms with Gasteiger partial charge in [-0.2, -0.15) is 0 Å². The third kappa shape index (κ3) is 6.11. The molecule has 0 atom stereocenters. The van der Waals surface area contributed by atoms with E-state index in [9.17, 15) is 0 Å². The molecule has 0 radical (unpaired) electrons. The third-order valence-corrected chi connectivity index (χ3v) is 2.53. The van der Waals surface area contributed by atoms with Crippen LogP contribution in [0, 0.1) is 5.92 Å². The SMILES string of the molecule is CC(C)CNCCNCc1ccc(Cl)cc1. The molecule has 0 aliphatic carbocycles. The van der Waals surface area contributed by atoms with Gasteiger partial charge in [-0.05, 0) is 30.2 Å². The van der Waals surface area contributed by atoms with Crippen LogP contribution in [0.25, 0.3) is 0 Å². The van der Waals surface area contributed by atoms with Crippen LogP contribution < -0.4 is 10.6 Å². The zero-order valence-electron chi connectivity index (χ0n) is 10.1. The standard InChI is InChI=1S/C13H21ClN2/c1-11(2)9-15-7-8-16-10-12-3-5-13(14)6-4-12/h3-6,11,15-16H,7-10H2,1-2H3. The van der Waals surface area contributed by atoms with Gasteiger partial charge in [0.15, 0.2) is 0 Å². The molecule has 0 amide bonds. The monoisotopic (exact) mass is 240 g/mol. The number of rotatable bonds is 7. The maximum absolute atomic E-state index is 5.81. The Balaban J connectivity index is 2.05. The highest BCUT2D eigenvalue weighted by molar-refractivity contribution is 6.30. The Labute approximate surface area is 103 Å². The zero-order chi connectivity index (χ0) is 11.8. The van der Waals surface area contributed by atoms with Gasteiger partial charge in [-0.1, -0.05) is 37.6 Å². The van der Waals surface area contributed by atoms with Crippen molar-refractivity contribution in [3.8, 4) is 0 Å². The van der Waals surface area contributed by atoms with Gasteiger partial charge in [-0.15, -0.1) is 0 Å². The first-order valence-electron chi connectivity index (χ1n) is 5.84. The van der Waals surface area contributed by atoms with Gasteiger partial charge in [0.25, 0.3) is 0 Å². The summed E-state index contributed by atoms with van der Waals surface area (Å²) < 4.78 is 0. The van der Waals surface area contributed by atoms with E-state index in [1.807, 2.05) is 12.1 Å². The predicted molar refractivity (Wildman–Crippen MR) is 70.9 cm³/mol. The van der Waals surface area contributed by atoms with Gasteiger partial charge in [0, 0.05) is 24.7 Å². The average molecular weight is 241 g/mol. The number of halogens is 1. The normalized spacial score (nSPS) is 11.0. The molecule has 0 fully saturated rings. The summed E-state index contributed by atoms with van der Waals surface area (Å²) in [6, 6.07) is 7.96. The van der Waals surface area contributed by atoms with E-state index in [0.717, 1.165) is 37.1 Å². The van der Waals surface area contributed by atoms with Gasteiger partial charge in [-0.3, -0.25) is 0 Å². The fraction of sp³-hybridized carbons (Fsp3) is 0.538. The zero-order valence-corrected chi connectivity index (χ0v) is 10.8. The van der Waals surface area contributed by atoms with E-state index in [1.54, 1.807) is 0 Å². The molecule has 0 saturated carbocycles. The van der Waals surface area contributed by atoms with Crippen molar-refractivity contribution in [2.45, 2.75) is 20.4 Å². The minimum absolute atomic E-state index is 0.719. The highest BCUT2D eigenvalue weighted by atomic mass is 35.5. The highest BCUT2D eigenvalue weighted by Crippen LogP contribution is 2.08. The first-order valence-corrected chi connectivity index (χ1v) is 6.22. The molecule has 1 aromatic rings. The summed E-state index contributed by atoms with van der Waals surface area (Å²) in [6.45, 7) is 8.44. The van der Waals surface area contributed by atoms with E-state index in [1.165, 1.54) is 5.56 Å². The molecule has 1 rings (SSSR count). The summed E-state index contributed by atoms with van der Waals surface area (Å²) in [7, 11) is 0. The van der Waals surface area contributed by atoms with E-state index < -0.39 is 0 Å². The van der Waals surface area contributed by atoms with Crippen molar-refractivity contribution in [1.82, 2.24) is 10.6 Å². The minimum Gasteiger partial charge on any atom is -0.315 e. The fourth-order valence-corrected chi connectivity index (χ4v) is 1.53. The second-order valence-electron chi connectivity index (χ2n) is 4.40. The van der Waals surface area contributed by atoms with Gasteiger partial charge >= 0.3 is 0 Å². The maximum atomic E-state index is 5.81. The van der Waals surface area contributed by atoms with Gasteiger partial charge in [-0.25, -0.2) is 0 Å². The van der Waals surface area contributed by atoms with Crippen molar-refractivity contribution in [2.75, 3.05) is 19.6 Å². The van der Waals surface area contributed by atoms with Crippen LogP contribution in [0.2, 0.25) is 5.02 Å². The molecule has 0 heterocycles. The lowest BCUT2D eigenvalue weighted by Gasteiger charge is -2.08. The van der Waals surface area contributed by atoms with Crippen LogP contribution in [0.1, 0.15) is 19.4 Å². The molecule has 1 aromatic carbocycles. The minimum atomic E-state index is 0.719. The number of benzene rings is 1. The molecular formula is C13H21ClN2. The van der Waals surface area contributed by atoms with Crippen LogP contribution in [-0.2, 0) is 6.54 Å². The van der Waals surface area contributed by atoms with E-state index in [2.05, 4.69) is 36.6 Å². The largest absolute Gasteiger partial charge is 0.315 e. The Morgan fingerprint density at radius 1 is 1.06 bits per heavy atom. The van der Waals surface area contributed by atoms with Crippen LogP contribution in [0.3, 0.4) is 0 Å². The molecule has 2 N–H and O–H groups in total. The lowest BCUT2D eigenvalue weighted by molar-refractivity contribution is 0.535. The van der Waals surface area contributed by atoms with Crippen molar-refractivity contribution in [3.63, 3.8) is 0 Å². The molecule has 3 heteroatoms. The third-order valence-electron chi connectivity index (χ3n) is 2.27. The van der Waals surface area contributed by atoms with Crippen molar-refractivity contribution in [3.05, 3.63) is 34.9 Å². The molecule has 0 bridgehead atoms. The summed E-state index contributed by atoms with van der Waals surface area (Å²) in [5.41, 5.74) is 1.27. The smallest absolute Gasteiger partial charge is 0.0406 e. The predicted octanol–water partition coefficient (Wildman–Crippen LogP) is 2.68. The Bertz CT molecular complexity index is 282. The molecule has 0 aliphatic heterocycles. The van der Waals surface area contributed by atoms with Gasteiger partial charge in [0.2, 0.25) is 0 Å². The Morgan fingerprint density at radius 3 is 2.31 bits per heavy atom. The van der Waals surface area contributed by atoms with E-state index in [-0.39, 0.29) is 0 Å². The van der Waals surface area contributed by atoms with E-state index in [0.29, 0.717) is 0 Å². The molecular weight excluding hydrogens is 220 g/mol. The average Bonchev–Trinajstić information content (AvgIpc) is 2.25. The van der Waals surface area contributed by atoms with Gasteiger partial charge < -0.3 is 10.6 Å². The first-order chi connectivity index (χ1) is 7.68. The van der Waals surface area contributed by atoms with Gasteiger partial charge in [0.05, 0.1) is 0 Å². The number of hydrogen-bond acceptors (Lipinski definition) is 2. The molecule has 0 unspecified atom stereocenters. The quantitative estimate of drug-likeness (QED) is 0.717. The van der Waals surface area contributed by atoms with Crippen LogP contribution in [0.4, 0.5) is 0 Å². The Morgan fingerprint density at radius 2 is 1.69 bits per heavy atom. The number of hydrogen-bond donors (Lipinski definition) is 2. The number of nitrogens with one attached hydrogen (secondary N) is 2. The molecule has 0 saturated heterocycles. The molecule has 90 valence electrons.